The van der Waals surface area contributed by atoms with Crippen LogP contribution in [0.4, 0.5) is 0 Å². The lowest BCUT2D eigenvalue weighted by Gasteiger charge is -2.16. The number of fused-ring (bicyclic) bond motifs is 1. The van der Waals surface area contributed by atoms with Gasteiger partial charge in [0, 0.05) is 36.9 Å². The fourth-order valence-corrected chi connectivity index (χ4v) is 2.54. The first-order valence-electron chi connectivity index (χ1n) is 7.41. The summed E-state index contributed by atoms with van der Waals surface area (Å²) >= 11 is 0. The SMILES string of the molecule is COc1cccc2c(C)c(C(=O)N(C)CCn3cccn3)oc12. The number of hydrogen-bond donors (Lipinski definition) is 0. The van der Waals surface area contributed by atoms with Crippen LogP contribution in [0.2, 0.25) is 0 Å². The molecule has 0 atom stereocenters. The van der Waals surface area contributed by atoms with Gasteiger partial charge in [0.15, 0.2) is 17.1 Å². The highest BCUT2D eigenvalue weighted by atomic mass is 16.5. The number of carbonyl (C=O) groups is 1. The summed E-state index contributed by atoms with van der Waals surface area (Å²) in [6.45, 7) is 3.08. The van der Waals surface area contributed by atoms with Crippen LogP contribution in [0.3, 0.4) is 0 Å². The van der Waals surface area contributed by atoms with Gasteiger partial charge < -0.3 is 14.1 Å². The number of furan rings is 1. The van der Waals surface area contributed by atoms with Crippen molar-refractivity contribution in [3.05, 3.63) is 48.0 Å². The average molecular weight is 313 g/mol. The summed E-state index contributed by atoms with van der Waals surface area (Å²) in [4.78, 5) is 14.3. The maximum absolute atomic E-state index is 12.7. The molecule has 0 radical (unpaired) electrons. The van der Waals surface area contributed by atoms with Gasteiger partial charge in [-0.05, 0) is 19.1 Å². The Morgan fingerprint density at radius 2 is 2.22 bits per heavy atom. The lowest BCUT2D eigenvalue weighted by Crippen LogP contribution is -2.30. The number of amides is 1. The Morgan fingerprint density at radius 1 is 1.39 bits per heavy atom. The van der Waals surface area contributed by atoms with E-state index in [0.29, 0.717) is 30.2 Å². The standard InChI is InChI=1S/C17H19N3O3/c1-12-13-6-4-7-14(22-3)16(13)23-15(12)17(21)19(2)10-11-20-9-5-8-18-20/h4-9H,10-11H2,1-3H3. The molecule has 0 unspecified atom stereocenters. The van der Waals surface area contributed by atoms with Crippen LogP contribution in [0, 0.1) is 6.92 Å². The molecule has 1 aromatic carbocycles. The molecule has 2 aromatic heterocycles. The molecule has 23 heavy (non-hydrogen) atoms. The van der Waals surface area contributed by atoms with Crippen LogP contribution >= 0.6 is 0 Å². The van der Waals surface area contributed by atoms with E-state index in [1.807, 2.05) is 37.4 Å². The van der Waals surface area contributed by atoms with Gasteiger partial charge in [-0.15, -0.1) is 0 Å². The summed E-state index contributed by atoms with van der Waals surface area (Å²) < 4.78 is 12.9. The number of hydrogen-bond acceptors (Lipinski definition) is 4. The Bertz CT molecular complexity index is 821. The summed E-state index contributed by atoms with van der Waals surface area (Å²) in [6, 6.07) is 7.50. The third-order valence-corrected chi connectivity index (χ3v) is 3.91. The number of methoxy groups -OCH3 is 1. The molecular formula is C17H19N3O3. The smallest absolute Gasteiger partial charge is 0.289 e. The highest BCUT2D eigenvalue weighted by Crippen LogP contribution is 2.32. The molecule has 1 amide bonds. The minimum atomic E-state index is -0.145. The first-order chi connectivity index (χ1) is 11.1. The molecule has 0 N–H and O–H groups in total. The van der Waals surface area contributed by atoms with Crippen molar-refractivity contribution in [2.24, 2.45) is 0 Å². The Kier molecular flexibility index (Phi) is 4.06. The monoisotopic (exact) mass is 313 g/mol. The van der Waals surface area contributed by atoms with Gasteiger partial charge in [0.05, 0.1) is 13.7 Å². The van der Waals surface area contributed by atoms with Crippen molar-refractivity contribution < 1.29 is 13.9 Å². The topological polar surface area (TPSA) is 60.5 Å². The molecule has 0 bridgehead atoms. The second-order valence-electron chi connectivity index (χ2n) is 5.39. The number of carbonyl (C=O) groups excluding carboxylic acids is 1. The van der Waals surface area contributed by atoms with E-state index in [-0.39, 0.29) is 5.91 Å². The normalized spacial score (nSPS) is 10.9. The minimum absolute atomic E-state index is 0.145. The van der Waals surface area contributed by atoms with Crippen molar-refractivity contribution in [2.75, 3.05) is 20.7 Å². The molecule has 3 aromatic rings. The van der Waals surface area contributed by atoms with Crippen LogP contribution in [-0.4, -0.2) is 41.3 Å². The predicted octanol–water partition coefficient (Wildman–Crippen LogP) is 2.72. The molecule has 0 aliphatic heterocycles. The minimum Gasteiger partial charge on any atom is -0.493 e. The molecule has 120 valence electrons. The quantitative estimate of drug-likeness (QED) is 0.726. The van der Waals surface area contributed by atoms with Crippen LogP contribution in [0.15, 0.2) is 41.1 Å². The largest absolute Gasteiger partial charge is 0.493 e. The van der Waals surface area contributed by atoms with Gasteiger partial charge in [-0.1, -0.05) is 12.1 Å². The van der Waals surface area contributed by atoms with Crippen LogP contribution in [0.1, 0.15) is 16.1 Å². The zero-order chi connectivity index (χ0) is 16.4. The number of likely N-dealkylation sites (N-methyl/N-ethyl adjacent to an activating group) is 1. The number of aryl methyl sites for hydroxylation is 1. The van der Waals surface area contributed by atoms with Crippen LogP contribution in [-0.2, 0) is 6.54 Å². The highest BCUT2D eigenvalue weighted by Gasteiger charge is 2.22. The number of ether oxygens (including phenoxy) is 1. The number of para-hydroxylation sites is 1. The first kappa shape index (κ1) is 15.1. The Labute approximate surface area is 134 Å². The zero-order valence-corrected chi connectivity index (χ0v) is 13.4. The summed E-state index contributed by atoms with van der Waals surface area (Å²) in [7, 11) is 3.35. The second-order valence-corrected chi connectivity index (χ2v) is 5.39. The molecule has 0 aliphatic rings. The molecule has 0 saturated carbocycles. The van der Waals surface area contributed by atoms with Crippen molar-refractivity contribution in [2.45, 2.75) is 13.5 Å². The van der Waals surface area contributed by atoms with Crippen LogP contribution < -0.4 is 4.74 Å². The predicted molar refractivity (Wildman–Crippen MR) is 86.7 cm³/mol. The third kappa shape index (κ3) is 2.79. The third-order valence-electron chi connectivity index (χ3n) is 3.91. The maximum Gasteiger partial charge on any atom is 0.289 e. The van der Waals surface area contributed by atoms with Gasteiger partial charge in [0.2, 0.25) is 0 Å². The number of nitrogens with zero attached hydrogens (tertiary/aromatic N) is 3. The molecule has 2 heterocycles. The van der Waals surface area contributed by atoms with Gasteiger partial charge in [-0.25, -0.2) is 0 Å². The van der Waals surface area contributed by atoms with Gasteiger partial charge in [-0.2, -0.15) is 5.10 Å². The molecule has 0 spiro atoms. The Morgan fingerprint density at radius 3 is 2.91 bits per heavy atom. The van der Waals surface area contributed by atoms with E-state index < -0.39 is 0 Å². The van der Waals surface area contributed by atoms with Crippen molar-refractivity contribution in [1.29, 1.82) is 0 Å². The number of aromatic nitrogens is 2. The van der Waals surface area contributed by atoms with Crippen LogP contribution in [0.5, 0.6) is 5.75 Å². The van der Waals surface area contributed by atoms with Crippen molar-refractivity contribution >= 4 is 16.9 Å². The van der Waals surface area contributed by atoms with E-state index in [9.17, 15) is 4.79 Å². The van der Waals surface area contributed by atoms with E-state index in [1.165, 1.54) is 0 Å². The summed E-state index contributed by atoms with van der Waals surface area (Å²) in [5.74, 6) is 0.837. The van der Waals surface area contributed by atoms with E-state index in [2.05, 4.69) is 5.10 Å². The maximum atomic E-state index is 12.7. The summed E-state index contributed by atoms with van der Waals surface area (Å²) in [5, 5.41) is 5.03. The zero-order valence-electron chi connectivity index (χ0n) is 13.4. The van der Waals surface area contributed by atoms with Crippen LogP contribution in [0.25, 0.3) is 11.0 Å². The highest BCUT2D eigenvalue weighted by molar-refractivity contribution is 6.00. The molecule has 3 rings (SSSR count). The summed E-state index contributed by atoms with van der Waals surface area (Å²) in [6.07, 6.45) is 3.59. The van der Waals surface area contributed by atoms with E-state index in [1.54, 1.807) is 29.9 Å². The van der Waals surface area contributed by atoms with Crippen molar-refractivity contribution in [3.63, 3.8) is 0 Å². The van der Waals surface area contributed by atoms with E-state index in [0.717, 1.165) is 10.9 Å². The van der Waals surface area contributed by atoms with Gasteiger partial charge >= 0.3 is 0 Å². The fraction of sp³-hybridized carbons (Fsp3) is 0.294. The van der Waals surface area contributed by atoms with Crippen molar-refractivity contribution in [1.82, 2.24) is 14.7 Å². The second kappa shape index (κ2) is 6.16. The molecule has 6 heteroatoms. The lowest BCUT2D eigenvalue weighted by molar-refractivity contribution is 0.0759. The molecule has 0 saturated heterocycles. The molecular weight excluding hydrogens is 294 g/mol. The summed E-state index contributed by atoms with van der Waals surface area (Å²) in [5.41, 5.74) is 1.44. The molecule has 0 aliphatic carbocycles. The number of rotatable bonds is 5. The molecule has 0 fully saturated rings. The van der Waals surface area contributed by atoms with Gasteiger partial charge in [0.25, 0.3) is 5.91 Å². The first-order valence-corrected chi connectivity index (χ1v) is 7.41. The van der Waals surface area contributed by atoms with Gasteiger partial charge in [0.1, 0.15) is 0 Å². The average Bonchev–Trinajstić information content (AvgIpc) is 3.20. The fourth-order valence-electron chi connectivity index (χ4n) is 2.54. The Hall–Kier alpha value is -2.76. The number of benzene rings is 1. The lowest BCUT2D eigenvalue weighted by atomic mass is 10.1. The van der Waals surface area contributed by atoms with E-state index in [4.69, 9.17) is 9.15 Å². The van der Waals surface area contributed by atoms with Crippen molar-refractivity contribution in [3.8, 4) is 5.75 Å². The van der Waals surface area contributed by atoms with Gasteiger partial charge in [-0.3, -0.25) is 9.48 Å². The molecule has 6 nitrogen and oxygen atoms in total. The Balaban J connectivity index is 1.84. The van der Waals surface area contributed by atoms with E-state index >= 15 is 0 Å².